The molecule has 8 heteroatoms. The maximum atomic E-state index is 11.9. The molecule has 26 heavy (non-hydrogen) atoms. The van der Waals surface area contributed by atoms with Crippen molar-refractivity contribution in [2.75, 3.05) is 6.79 Å². The molecule has 0 saturated heterocycles. The van der Waals surface area contributed by atoms with Gasteiger partial charge in [-0.2, -0.15) is 0 Å². The molecule has 0 spiro atoms. The number of nitro groups is 1. The van der Waals surface area contributed by atoms with Crippen molar-refractivity contribution in [1.82, 2.24) is 0 Å². The number of non-ortho nitro benzene ring substituents is 1. The number of benzene rings is 2. The first-order chi connectivity index (χ1) is 12.5. The van der Waals surface area contributed by atoms with Gasteiger partial charge < -0.3 is 14.2 Å². The number of carbonyl (C=O) groups excluding carboxylic acids is 1. The van der Waals surface area contributed by atoms with Crippen molar-refractivity contribution >= 4 is 29.3 Å². The van der Waals surface area contributed by atoms with Crippen LogP contribution in [0.4, 0.5) is 5.69 Å². The van der Waals surface area contributed by atoms with Crippen LogP contribution in [0.3, 0.4) is 0 Å². The monoisotopic (exact) mass is 375 g/mol. The van der Waals surface area contributed by atoms with E-state index < -0.39 is 10.9 Å². The highest BCUT2D eigenvalue weighted by atomic mass is 35.5. The minimum absolute atomic E-state index is 0.0398. The minimum Gasteiger partial charge on any atom is -0.467 e. The summed E-state index contributed by atoms with van der Waals surface area (Å²) >= 11 is 6.01. The molecule has 0 fully saturated rings. The van der Waals surface area contributed by atoms with Crippen molar-refractivity contribution in [2.24, 2.45) is 0 Å². The van der Waals surface area contributed by atoms with Crippen LogP contribution < -0.4 is 4.74 Å². The van der Waals surface area contributed by atoms with E-state index in [2.05, 4.69) is 0 Å². The van der Waals surface area contributed by atoms with Crippen LogP contribution in [0.25, 0.3) is 6.08 Å². The van der Waals surface area contributed by atoms with Gasteiger partial charge in [0.15, 0.2) is 6.79 Å². The topological polar surface area (TPSA) is 87.9 Å². The Bertz CT molecular complexity index is 880. The lowest BCUT2D eigenvalue weighted by atomic mass is 10.1. The van der Waals surface area contributed by atoms with E-state index in [9.17, 15) is 14.9 Å². The van der Waals surface area contributed by atoms with E-state index in [1.165, 1.54) is 24.3 Å². The van der Waals surface area contributed by atoms with Gasteiger partial charge in [-0.15, -0.1) is 0 Å². The van der Waals surface area contributed by atoms with Crippen LogP contribution in [0.1, 0.15) is 16.7 Å². The predicted molar refractivity (Wildman–Crippen MR) is 93.7 cm³/mol. The molecule has 0 aromatic heterocycles. The van der Waals surface area contributed by atoms with E-state index in [-0.39, 0.29) is 25.7 Å². The first-order valence-electron chi connectivity index (χ1n) is 7.64. The van der Waals surface area contributed by atoms with Crippen LogP contribution in [-0.2, 0) is 27.5 Å². The molecule has 0 aliphatic carbocycles. The maximum Gasteiger partial charge on any atom is 0.331 e. The molecule has 0 bridgehead atoms. The summed E-state index contributed by atoms with van der Waals surface area (Å²) in [6.45, 7) is 0.0816. The SMILES string of the molecule is O=C(/C=C/c1ccccc1Cl)OCc1cc([N+](=O)[O-])cc2c1OCOC2. The molecule has 0 unspecified atom stereocenters. The van der Waals surface area contributed by atoms with E-state index >= 15 is 0 Å². The third-order valence-corrected chi connectivity index (χ3v) is 4.00. The number of halogens is 1. The third kappa shape index (κ3) is 4.19. The van der Waals surface area contributed by atoms with Crippen LogP contribution in [0, 0.1) is 10.1 Å². The lowest BCUT2D eigenvalue weighted by Crippen LogP contribution is -2.14. The Morgan fingerprint density at radius 3 is 2.92 bits per heavy atom. The Hall–Kier alpha value is -2.90. The lowest BCUT2D eigenvalue weighted by Gasteiger charge is -2.20. The van der Waals surface area contributed by atoms with Crippen LogP contribution in [0.2, 0.25) is 5.02 Å². The van der Waals surface area contributed by atoms with E-state index in [1.807, 2.05) is 0 Å². The predicted octanol–water partition coefficient (Wildman–Crippen LogP) is 3.87. The molecule has 0 N–H and O–H groups in total. The summed E-state index contributed by atoms with van der Waals surface area (Å²) in [5, 5.41) is 11.6. The van der Waals surface area contributed by atoms with Crippen LogP contribution in [0.5, 0.6) is 5.75 Å². The fourth-order valence-electron chi connectivity index (χ4n) is 2.46. The van der Waals surface area contributed by atoms with Gasteiger partial charge in [0, 0.05) is 34.4 Å². The number of carbonyl (C=O) groups is 1. The summed E-state index contributed by atoms with van der Waals surface area (Å²) in [6, 6.07) is 9.77. The highest BCUT2D eigenvalue weighted by Crippen LogP contribution is 2.33. The van der Waals surface area contributed by atoms with E-state index in [0.29, 0.717) is 27.5 Å². The Morgan fingerprint density at radius 2 is 2.15 bits per heavy atom. The normalized spacial score (nSPS) is 13.1. The third-order valence-electron chi connectivity index (χ3n) is 3.66. The summed E-state index contributed by atoms with van der Waals surface area (Å²) in [5.41, 5.74) is 1.52. The van der Waals surface area contributed by atoms with Gasteiger partial charge in [-0.05, 0) is 17.7 Å². The molecule has 1 aliphatic heterocycles. The molecule has 0 saturated carbocycles. The molecule has 134 valence electrons. The van der Waals surface area contributed by atoms with Crippen molar-refractivity contribution in [3.05, 3.63) is 74.3 Å². The van der Waals surface area contributed by atoms with Gasteiger partial charge >= 0.3 is 5.97 Å². The Kier molecular flexibility index (Phi) is 5.50. The maximum absolute atomic E-state index is 11.9. The molecule has 0 amide bonds. The first-order valence-corrected chi connectivity index (χ1v) is 8.02. The quantitative estimate of drug-likeness (QED) is 0.341. The van der Waals surface area contributed by atoms with Crippen LogP contribution in [-0.4, -0.2) is 17.7 Å². The average molecular weight is 376 g/mol. The number of nitrogens with zero attached hydrogens (tertiary/aromatic N) is 1. The summed E-state index contributed by atoms with van der Waals surface area (Å²) in [5.74, 6) is -0.151. The first kappa shape index (κ1) is 17.9. The molecule has 0 atom stereocenters. The van der Waals surface area contributed by atoms with Crippen molar-refractivity contribution in [2.45, 2.75) is 13.2 Å². The van der Waals surface area contributed by atoms with E-state index in [4.69, 9.17) is 25.8 Å². The molecule has 3 rings (SSSR count). The van der Waals surface area contributed by atoms with Gasteiger partial charge in [0.05, 0.1) is 11.5 Å². The summed E-state index contributed by atoms with van der Waals surface area (Å²) < 4.78 is 15.7. The zero-order valence-electron chi connectivity index (χ0n) is 13.5. The zero-order chi connectivity index (χ0) is 18.5. The van der Waals surface area contributed by atoms with Crippen LogP contribution >= 0.6 is 11.6 Å². The van der Waals surface area contributed by atoms with Gasteiger partial charge in [-0.3, -0.25) is 10.1 Å². The largest absolute Gasteiger partial charge is 0.467 e. The van der Waals surface area contributed by atoms with Crippen molar-refractivity contribution in [1.29, 1.82) is 0 Å². The van der Waals surface area contributed by atoms with E-state index in [0.717, 1.165) is 0 Å². The number of fused-ring (bicyclic) bond motifs is 1. The second kappa shape index (κ2) is 7.99. The van der Waals surface area contributed by atoms with Gasteiger partial charge in [-0.1, -0.05) is 29.8 Å². The number of hydrogen-bond acceptors (Lipinski definition) is 6. The van der Waals surface area contributed by atoms with Gasteiger partial charge in [0.1, 0.15) is 12.4 Å². The molecule has 0 radical (unpaired) electrons. The van der Waals surface area contributed by atoms with E-state index in [1.54, 1.807) is 24.3 Å². The molecule has 1 heterocycles. The summed E-state index contributed by atoms with van der Waals surface area (Å²) in [6.07, 6.45) is 2.78. The highest BCUT2D eigenvalue weighted by molar-refractivity contribution is 6.32. The molecule has 2 aromatic carbocycles. The second-order valence-electron chi connectivity index (χ2n) is 5.42. The molecular formula is C18H14ClNO6. The number of hydrogen-bond donors (Lipinski definition) is 0. The zero-order valence-corrected chi connectivity index (χ0v) is 14.3. The van der Waals surface area contributed by atoms with Crippen molar-refractivity contribution in [3.8, 4) is 5.75 Å². The molecular weight excluding hydrogens is 362 g/mol. The fourth-order valence-corrected chi connectivity index (χ4v) is 2.66. The Labute approximate surface area is 153 Å². The standard InChI is InChI=1S/C18H14ClNO6/c19-16-4-2-1-3-12(16)5-6-17(21)25-10-14-8-15(20(22)23)7-13-9-24-11-26-18(13)14/h1-8H,9-11H2/b6-5+. The van der Waals surface area contributed by atoms with Gasteiger partial charge in [-0.25, -0.2) is 4.79 Å². The van der Waals surface area contributed by atoms with Gasteiger partial charge in [0.2, 0.25) is 0 Å². The lowest BCUT2D eigenvalue weighted by molar-refractivity contribution is -0.385. The Balaban J connectivity index is 1.73. The fraction of sp³-hybridized carbons (Fsp3) is 0.167. The van der Waals surface area contributed by atoms with Gasteiger partial charge in [0.25, 0.3) is 5.69 Å². The number of nitro benzene ring substituents is 1. The highest BCUT2D eigenvalue weighted by Gasteiger charge is 2.21. The molecule has 2 aromatic rings. The number of esters is 1. The smallest absolute Gasteiger partial charge is 0.331 e. The van der Waals surface area contributed by atoms with Crippen LogP contribution in [0.15, 0.2) is 42.5 Å². The molecule has 1 aliphatic rings. The number of rotatable bonds is 5. The average Bonchev–Trinajstić information content (AvgIpc) is 2.65. The summed E-state index contributed by atoms with van der Waals surface area (Å²) in [4.78, 5) is 22.5. The number of ether oxygens (including phenoxy) is 3. The molecule has 7 nitrogen and oxygen atoms in total. The second-order valence-corrected chi connectivity index (χ2v) is 5.83. The Morgan fingerprint density at radius 1 is 1.35 bits per heavy atom. The minimum atomic E-state index is -0.600. The van der Waals surface area contributed by atoms with Crippen molar-refractivity contribution in [3.63, 3.8) is 0 Å². The summed E-state index contributed by atoms with van der Waals surface area (Å²) in [7, 11) is 0. The van der Waals surface area contributed by atoms with Crippen molar-refractivity contribution < 1.29 is 23.9 Å².